The summed E-state index contributed by atoms with van der Waals surface area (Å²) in [4.78, 5) is 11.8. The molecule has 2 N–H and O–H groups in total. The van der Waals surface area contributed by atoms with Gasteiger partial charge in [-0.05, 0) is 62.1 Å². The van der Waals surface area contributed by atoms with Gasteiger partial charge in [0.05, 0.1) is 30.0 Å². The van der Waals surface area contributed by atoms with Crippen molar-refractivity contribution in [2.24, 2.45) is 5.92 Å². The molecule has 2 aromatic carbocycles. The maximum atomic E-state index is 11.8. The number of carbonyl (C=O) groups is 1. The summed E-state index contributed by atoms with van der Waals surface area (Å²) in [5.74, 6) is 0.897. The number of nitriles is 1. The Kier molecular flexibility index (Phi) is 21.5. The molecule has 216 valence electrons. The highest BCUT2D eigenvalue weighted by Gasteiger charge is 2.20. The molecule has 0 bridgehead atoms. The third-order valence-corrected chi connectivity index (χ3v) is 6.34. The number of thiol groups is 1. The molecule has 0 aliphatic carbocycles. The molecule has 0 radical (unpaired) electrons. The Balaban J connectivity index is 0.000000618. The van der Waals surface area contributed by atoms with Crippen LogP contribution < -0.4 is 15.4 Å². The number of amides is 1. The summed E-state index contributed by atoms with van der Waals surface area (Å²) in [7, 11) is 0. The van der Waals surface area contributed by atoms with Gasteiger partial charge < -0.3 is 15.4 Å². The van der Waals surface area contributed by atoms with E-state index in [0.29, 0.717) is 0 Å². The zero-order valence-electron chi connectivity index (χ0n) is 25.1. The fourth-order valence-corrected chi connectivity index (χ4v) is 3.85. The van der Waals surface area contributed by atoms with Gasteiger partial charge in [-0.25, -0.2) is 0 Å². The average molecular weight is 554 g/mol. The van der Waals surface area contributed by atoms with Crippen LogP contribution in [0.1, 0.15) is 83.8 Å². The van der Waals surface area contributed by atoms with Gasteiger partial charge in [0, 0.05) is 6.54 Å². The van der Waals surface area contributed by atoms with Gasteiger partial charge in [0.25, 0.3) is 0 Å². The summed E-state index contributed by atoms with van der Waals surface area (Å²) >= 11 is 4.14. The van der Waals surface area contributed by atoms with Crippen LogP contribution in [0.4, 0.5) is 0 Å². The van der Waals surface area contributed by atoms with Crippen molar-refractivity contribution in [1.82, 2.24) is 10.6 Å². The number of aryl methyl sites for hydroxylation is 2. The van der Waals surface area contributed by atoms with Crippen molar-refractivity contribution in [2.75, 3.05) is 13.1 Å². The topological polar surface area (TPSA) is 74.1 Å². The summed E-state index contributed by atoms with van der Waals surface area (Å²) in [6, 6.07) is 16.7. The standard InChI is InChI=1S/C16H16O.C11H19N3OS.C4H10.C2H6/c1-4-17-16-10-9-15(11-13(16)3)14-7-5-12(2)6-8-14;12-6-5-10(16)14-11(15)9-4-2-1-3-7-13-8-9;1-3-4-2;1-2/h4-11H,1H2,2-3H3;9-10,13,16H,1-5,7-8H2,(H,14,15);3-4H2,1-2H3;1-2H3. The molecule has 2 unspecified atom stereocenters. The highest BCUT2D eigenvalue weighted by atomic mass is 32.1. The third-order valence-electron chi connectivity index (χ3n) is 6.03. The first kappa shape index (κ1) is 36.2. The van der Waals surface area contributed by atoms with Crippen LogP contribution in [-0.4, -0.2) is 24.4 Å². The number of hydrogen-bond donors (Lipinski definition) is 3. The molecule has 0 spiro atoms. The molecule has 1 fully saturated rings. The second kappa shape index (κ2) is 23.2. The van der Waals surface area contributed by atoms with Gasteiger partial charge in [-0.1, -0.05) is 95.9 Å². The first-order valence-corrected chi connectivity index (χ1v) is 14.9. The molecule has 1 saturated heterocycles. The maximum absolute atomic E-state index is 11.8. The molecule has 0 saturated carbocycles. The molecule has 0 aromatic heterocycles. The second-order valence-electron chi connectivity index (χ2n) is 9.27. The van der Waals surface area contributed by atoms with Crippen LogP contribution in [0, 0.1) is 31.1 Å². The van der Waals surface area contributed by atoms with Crippen molar-refractivity contribution in [1.29, 1.82) is 5.26 Å². The molecule has 1 amide bonds. The Bertz CT molecular complexity index is 960. The van der Waals surface area contributed by atoms with E-state index >= 15 is 0 Å². The first-order chi connectivity index (χ1) is 18.9. The van der Waals surface area contributed by atoms with E-state index in [1.54, 1.807) is 0 Å². The van der Waals surface area contributed by atoms with E-state index < -0.39 is 0 Å². The smallest absolute Gasteiger partial charge is 0.225 e. The van der Waals surface area contributed by atoms with E-state index in [-0.39, 0.29) is 23.6 Å². The van der Waals surface area contributed by atoms with Gasteiger partial charge in [0.1, 0.15) is 5.75 Å². The molecule has 6 heteroatoms. The van der Waals surface area contributed by atoms with Gasteiger partial charge in [-0.15, -0.1) is 0 Å². The van der Waals surface area contributed by atoms with Crippen LogP contribution in [0.25, 0.3) is 11.1 Å². The average Bonchev–Trinajstić information content (AvgIpc) is 2.92. The van der Waals surface area contributed by atoms with E-state index in [4.69, 9.17) is 10.00 Å². The number of nitrogens with one attached hydrogen (secondary N) is 2. The zero-order chi connectivity index (χ0) is 29.5. The molecular weight excluding hydrogens is 502 g/mol. The predicted octanol–water partition coefficient (Wildman–Crippen LogP) is 8.38. The molecule has 5 nitrogen and oxygen atoms in total. The van der Waals surface area contributed by atoms with Crippen LogP contribution in [0.5, 0.6) is 5.75 Å². The zero-order valence-corrected chi connectivity index (χ0v) is 25.9. The highest BCUT2D eigenvalue weighted by Crippen LogP contribution is 2.26. The number of carbonyl (C=O) groups excluding carboxylic acids is 1. The van der Waals surface area contributed by atoms with Crippen LogP contribution in [-0.2, 0) is 4.79 Å². The maximum Gasteiger partial charge on any atom is 0.225 e. The Morgan fingerprint density at radius 3 is 2.33 bits per heavy atom. The number of ether oxygens (including phenoxy) is 1. The van der Waals surface area contributed by atoms with Crippen LogP contribution in [0.2, 0.25) is 0 Å². The number of nitrogens with zero attached hydrogens (tertiary/aromatic N) is 1. The van der Waals surface area contributed by atoms with E-state index in [1.807, 2.05) is 32.9 Å². The minimum atomic E-state index is -0.344. The Labute approximate surface area is 243 Å². The lowest BCUT2D eigenvalue weighted by atomic mass is 9.98. The normalized spacial score (nSPS) is 15.0. The van der Waals surface area contributed by atoms with Gasteiger partial charge in [0.2, 0.25) is 5.91 Å². The van der Waals surface area contributed by atoms with E-state index in [2.05, 4.69) is 87.0 Å². The van der Waals surface area contributed by atoms with Crippen molar-refractivity contribution in [3.63, 3.8) is 0 Å². The first-order valence-electron chi connectivity index (χ1n) is 14.4. The number of benzene rings is 2. The summed E-state index contributed by atoms with van der Waals surface area (Å²) in [5.41, 5.74) is 4.82. The molecule has 1 aliphatic heterocycles. The Hall–Kier alpha value is -2.75. The van der Waals surface area contributed by atoms with Crippen molar-refractivity contribution in [2.45, 2.75) is 91.9 Å². The van der Waals surface area contributed by atoms with Crippen molar-refractivity contribution in [3.8, 4) is 22.9 Å². The lowest BCUT2D eigenvalue weighted by Crippen LogP contribution is -2.41. The number of hydrogen-bond acceptors (Lipinski definition) is 5. The summed E-state index contributed by atoms with van der Waals surface area (Å²) in [6.07, 6.45) is 8.74. The Morgan fingerprint density at radius 2 is 1.77 bits per heavy atom. The molecule has 2 atom stereocenters. The molecule has 39 heavy (non-hydrogen) atoms. The summed E-state index contributed by atoms with van der Waals surface area (Å²) in [5, 5.41) is 14.2. The lowest BCUT2D eigenvalue weighted by Gasteiger charge is -2.21. The van der Waals surface area contributed by atoms with E-state index in [9.17, 15) is 4.79 Å². The number of unbranched alkanes of at least 4 members (excludes halogenated alkanes) is 1. The minimum Gasteiger partial charge on any atom is -0.465 e. The third kappa shape index (κ3) is 16.1. The van der Waals surface area contributed by atoms with Crippen molar-refractivity contribution < 1.29 is 9.53 Å². The van der Waals surface area contributed by atoms with E-state index in [0.717, 1.165) is 37.2 Å². The van der Waals surface area contributed by atoms with Crippen LogP contribution in [0.15, 0.2) is 55.3 Å². The summed E-state index contributed by atoms with van der Waals surface area (Å²) in [6.45, 7) is 17.8. The molecular formula is C33H51N3O2S. The molecule has 1 aliphatic rings. The quantitative estimate of drug-likeness (QED) is 0.183. The fourth-order valence-electron chi connectivity index (χ4n) is 3.64. The largest absolute Gasteiger partial charge is 0.465 e. The highest BCUT2D eigenvalue weighted by molar-refractivity contribution is 7.80. The fraction of sp³-hybridized carbons (Fsp3) is 0.515. The monoisotopic (exact) mass is 553 g/mol. The Morgan fingerprint density at radius 1 is 1.13 bits per heavy atom. The lowest BCUT2D eigenvalue weighted by molar-refractivity contribution is -0.125. The molecule has 1 heterocycles. The van der Waals surface area contributed by atoms with Crippen molar-refractivity contribution in [3.05, 3.63) is 66.4 Å². The number of rotatable bonds is 7. The second-order valence-corrected chi connectivity index (χ2v) is 9.89. The van der Waals surface area contributed by atoms with Crippen LogP contribution >= 0.6 is 12.6 Å². The van der Waals surface area contributed by atoms with E-state index in [1.165, 1.54) is 48.6 Å². The van der Waals surface area contributed by atoms with Crippen molar-refractivity contribution >= 4 is 18.5 Å². The molecule has 2 aromatic rings. The summed E-state index contributed by atoms with van der Waals surface area (Å²) < 4.78 is 5.31. The SMILES string of the molecule is C=COc1ccc(-c2ccc(C)cc2)cc1C.CC.CCCC.N#CCC(S)NC(=O)C1CCCCCNC1. The van der Waals surface area contributed by atoms with Gasteiger partial charge in [0.15, 0.2) is 0 Å². The van der Waals surface area contributed by atoms with Gasteiger partial charge >= 0.3 is 0 Å². The van der Waals surface area contributed by atoms with Gasteiger partial charge in [-0.3, -0.25) is 4.79 Å². The van der Waals surface area contributed by atoms with Gasteiger partial charge in [-0.2, -0.15) is 17.9 Å². The molecule has 3 rings (SSSR count). The van der Waals surface area contributed by atoms with Crippen LogP contribution in [0.3, 0.4) is 0 Å². The minimum absolute atomic E-state index is 0.0182. The predicted molar refractivity (Wildman–Crippen MR) is 170 cm³/mol.